The van der Waals surface area contributed by atoms with Gasteiger partial charge in [0.15, 0.2) is 6.04 Å². The van der Waals surface area contributed by atoms with E-state index in [0.717, 1.165) is 0 Å². The fourth-order valence-electron chi connectivity index (χ4n) is 2.18. The molecule has 0 aliphatic heterocycles. The van der Waals surface area contributed by atoms with Gasteiger partial charge in [-0.25, -0.2) is 9.78 Å². The molecule has 3 amide bonds. The lowest BCUT2D eigenvalue weighted by Gasteiger charge is -2.22. The number of aliphatic hydroxyl groups is 1. The smallest absolute Gasteiger partial charge is 0.328 e. The second-order valence-corrected chi connectivity index (χ2v) is 6.41. The standard InChI is InChI=1S/C16H26N6O6/c1-7(21-15(26)11(17)4-10-5-18-6-19-10)13(24)20-8(2)14(25)22-12(9(3)23)16(27)28/h5-9,11-12,23H,4,17H2,1-3H3,(H,18,19)(H,20,24)(H,21,26)(H,22,25)(H,27,28). The summed E-state index contributed by atoms with van der Waals surface area (Å²) < 4.78 is 0. The van der Waals surface area contributed by atoms with Gasteiger partial charge in [-0.1, -0.05) is 0 Å². The predicted molar refractivity (Wildman–Crippen MR) is 96.7 cm³/mol. The maximum Gasteiger partial charge on any atom is 0.328 e. The number of carbonyl (C=O) groups excluding carboxylic acids is 3. The van der Waals surface area contributed by atoms with Crippen LogP contribution in [-0.2, 0) is 25.6 Å². The Balaban J connectivity index is 2.52. The molecular weight excluding hydrogens is 372 g/mol. The Labute approximate surface area is 161 Å². The van der Waals surface area contributed by atoms with Crippen LogP contribution in [0.2, 0.25) is 0 Å². The number of aliphatic hydroxyl groups excluding tert-OH is 1. The van der Waals surface area contributed by atoms with Crippen molar-refractivity contribution in [2.75, 3.05) is 0 Å². The topological polar surface area (TPSA) is 200 Å². The summed E-state index contributed by atoms with van der Waals surface area (Å²) in [7, 11) is 0. The number of H-pyrrole nitrogens is 1. The van der Waals surface area contributed by atoms with Crippen LogP contribution >= 0.6 is 0 Å². The molecule has 0 fully saturated rings. The van der Waals surface area contributed by atoms with Gasteiger partial charge in [0.25, 0.3) is 0 Å². The van der Waals surface area contributed by atoms with E-state index in [4.69, 9.17) is 10.8 Å². The number of aromatic amines is 1. The van der Waals surface area contributed by atoms with Crippen molar-refractivity contribution in [3.63, 3.8) is 0 Å². The second-order valence-electron chi connectivity index (χ2n) is 6.41. The zero-order valence-electron chi connectivity index (χ0n) is 15.8. The van der Waals surface area contributed by atoms with Gasteiger partial charge in [-0.2, -0.15) is 0 Å². The van der Waals surface area contributed by atoms with Crippen molar-refractivity contribution < 1.29 is 29.4 Å². The minimum absolute atomic E-state index is 0.203. The summed E-state index contributed by atoms with van der Waals surface area (Å²) in [4.78, 5) is 53.9. The Hall–Kier alpha value is -2.99. The molecule has 0 aliphatic carbocycles. The molecule has 12 heteroatoms. The number of nitrogens with two attached hydrogens (primary N) is 1. The molecule has 0 aromatic carbocycles. The number of aliphatic carboxylic acids is 1. The lowest BCUT2D eigenvalue weighted by Crippen LogP contribution is -2.57. The first kappa shape index (κ1) is 23.0. The number of hydrogen-bond donors (Lipinski definition) is 7. The van der Waals surface area contributed by atoms with Gasteiger partial charge in [-0.15, -0.1) is 0 Å². The molecule has 0 saturated heterocycles. The zero-order valence-corrected chi connectivity index (χ0v) is 15.8. The molecule has 1 heterocycles. The summed E-state index contributed by atoms with van der Waals surface area (Å²) in [6.07, 6.45) is 1.87. The van der Waals surface area contributed by atoms with E-state index in [0.29, 0.717) is 5.69 Å². The van der Waals surface area contributed by atoms with E-state index in [9.17, 15) is 24.3 Å². The van der Waals surface area contributed by atoms with Crippen LogP contribution in [0.15, 0.2) is 12.5 Å². The Bertz CT molecular complexity index is 692. The highest BCUT2D eigenvalue weighted by Gasteiger charge is 2.28. The van der Waals surface area contributed by atoms with Crippen molar-refractivity contribution in [2.45, 2.75) is 57.5 Å². The maximum absolute atomic E-state index is 12.2. The summed E-state index contributed by atoms with van der Waals surface area (Å²) in [5.74, 6) is -3.42. The van der Waals surface area contributed by atoms with Crippen LogP contribution in [0.25, 0.3) is 0 Å². The average molecular weight is 398 g/mol. The molecule has 8 N–H and O–H groups in total. The largest absolute Gasteiger partial charge is 0.480 e. The fourth-order valence-corrected chi connectivity index (χ4v) is 2.18. The number of nitrogens with zero attached hydrogens (tertiary/aromatic N) is 1. The van der Waals surface area contributed by atoms with Crippen LogP contribution in [0, 0.1) is 0 Å². The van der Waals surface area contributed by atoms with Gasteiger partial charge in [0.2, 0.25) is 17.7 Å². The molecule has 5 atom stereocenters. The Morgan fingerprint density at radius 3 is 2.07 bits per heavy atom. The van der Waals surface area contributed by atoms with E-state index in [1.165, 1.54) is 33.3 Å². The monoisotopic (exact) mass is 398 g/mol. The fraction of sp³-hybridized carbons (Fsp3) is 0.562. The molecule has 0 radical (unpaired) electrons. The first-order valence-electron chi connectivity index (χ1n) is 8.57. The summed E-state index contributed by atoms with van der Waals surface area (Å²) >= 11 is 0. The van der Waals surface area contributed by atoms with E-state index in [2.05, 4.69) is 25.9 Å². The number of aromatic nitrogens is 2. The van der Waals surface area contributed by atoms with Crippen LogP contribution in [0.1, 0.15) is 26.5 Å². The van der Waals surface area contributed by atoms with Gasteiger partial charge in [-0.05, 0) is 20.8 Å². The molecule has 1 rings (SSSR count). The Morgan fingerprint density at radius 2 is 1.61 bits per heavy atom. The lowest BCUT2D eigenvalue weighted by molar-refractivity contribution is -0.145. The first-order chi connectivity index (χ1) is 13.0. The maximum atomic E-state index is 12.2. The number of imidazole rings is 1. The molecule has 0 spiro atoms. The summed E-state index contributed by atoms with van der Waals surface area (Å²) in [6, 6.07) is -4.49. The van der Waals surface area contributed by atoms with Crippen molar-refractivity contribution in [3.8, 4) is 0 Å². The van der Waals surface area contributed by atoms with E-state index < -0.39 is 54.0 Å². The molecular formula is C16H26N6O6. The molecule has 0 aliphatic rings. The summed E-state index contributed by atoms with van der Waals surface area (Å²) in [6.45, 7) is 3.97. The normalized spacial score (nSPS) is 16.2. The Morgan fingerprint density at radius 1 is 1.07 bits per heavy atom. The third-order valence-electron chi connectivity index (χ3n) is 3.88. The number of rotatable bonds is 10. The molecule has 28 heavy (non-hydrogen) atoms. The molecule has 5 unspecified atom stereocenters. The third kappa shape index (κ3) is 6.96. The van der Waals surface area contributed by atoms with Crippen molar-refractivity contribution in [1.82, 2.24) is 25.9 Å². The number of carbonyl (C=O) groups is 4. The van der Waals surface area contributed by atoms with Crippen LogP contribution in [-0.4, -0.2) is 74.1 Å². The van der Waals surface area contributed by atoms with Gasteiger partial charge >= 0.3 is 5.97 Å². The predicted octanol–water partition coefficient (Wildman–Crippen LogP) is -2.76. The van der Waals surface area contributed by atoms with Gasteiger partial charge < -0.3 is 36.9 Å². The van der Waals surface area contributed by atoms with Gasteiger partial charge in [0, 0.05) is 18.3 Å². The molecule has 0 saturated carbocycles. The van der Waals surface area contributed by atoms with Crippen LogP contribution < -0.4 is 21.7 Å². The minimum Gasteiger partial charge on any atom is -0.480 e. The van der Waals surface area contributed by atoms with E-state index in [1.807, 2.05) is 0 Å². The number of hydrogen-bond acceptors (Lipinski definition) is 7. The number of nitrogens with one attached hydrogen (secondary N) is 4. The van der Waals surface area contributed by atoms with E-state index in [1.54, 1.807) is 0 Å². The Kier molecular flexibility index (Phi) is 8.54. The highest BCUT2D eigenvalue weighted by Crippen LogP contribution is 1.98. The second kappa shape index (κ2) is 10.4. The number of carboxylic acid groups (broad SMARTS) is 1. The summed E-state index contributed by atoms with van der Waals surface area (Å²) in [5.41, 5.74) is 6.45. The molecule has 0 bridgehead atoms. The minimum atomic E-state index is -1.51. The van der Waals surface area contributed by atoms with Gasteiger partial charge in [-0.3, -0.25) is 14.4 Å². The third-order valence-corrected chi connectivity index (χ3v) is 3.88. The van der Waals surface area contributed by atoms with Crippen molar-refractivity contribution in [1.29, 1.82) is 0 Å². The molecule has 1 aromatic heterocycles. The van der Waals surface area contributed by atoms with Crippen molar-refractivity contribution in [2.24, 2.45) is 5.73 Å². The average Bonchev–Trinajstić information content (AvgIpc) is 3.11. The highest BCUT2D eigenvalue weighted by molar-refractivity contribution is 5.93. The number of amides is 3. The highest BCUT2D eigenvalue weighted by atomic mass is 16.4. The number of carboxylic acids is 1. The lowest BCUT2D eigenvalue weighted by atomic mass is 10.1. The van der Waals surface area contributed by atoms with Crippen molar-refractivity contribution >= 4 is 23.7 Å². The van der Waals surface area contributed by atoms with E-state index in [-0.39, 0.29) is 6.42 Å². The first-order valence-corrected chi connectivity index (χ1v) is 8.57. The zero-order chi connectivity index (χ0) is 21.4. The molecule has 1 aromatic rings. The van der Waals surface area contributed by atoms with Gasteiger partial charge in [0.1, 0.15) is 12.1 Å². The van der Waals surface area contributed by atoms with Crippen LogP contribution in [0.3, 0.4) is 0 Å². The SMILES string of the molecule is CC(NC(=O)C(N)Cc1cnc[nH]1)C(=O)NC(C)C(=O)NC(C(=O)O)C(C)O. The van der Waals surface area contributed by atoms with E-state index >= 15 is 0 Å². The van der Waals surface area contributed by atoms with Crippen LogP contribution in [0.4, 0.5) is 0 Å². The quantitative estimate of drug-likeness (QED) is 0.220. The van der Waals surface area contributed by atoms with Crippen LogP contribution in [0.5, 0.6) is 0 Å². The summed E-state index contributed by atoms with van der Waals surface area (Å²) in [5, 5.41) is 25.3. The van der Waals surface area contributed by atoms with Crippen molar-refractivity contribution in [3.05, 3.63) is 18.2 Å². The molecule has 12 nitrogen and oxygen atoms in total. The van der Waals surface area contributed by atoms with Gasteiger partial charge in [0.05, 0.1) is 18.5 Å². The molecule has 156 valence electrons.